The van der Waals surface area contributed by atoms with Gasteiger partial charge < -0.3 is 10.1 Å². The highest BCUT2D eigenvalue weighted by molar-refractivity contribution is 7.98. The molecule has 0 atom stereocenters. The van der Waals surface area contributed by atoms with Gasteiger partial charge in [0.2, 0.25) is 0 Å². The van der Waals surface area contributed by atoms with E-state index >= 15 is 0 Å². The van der Waals surface area contributed by atoms with Gasteiger partial charge in [-0.25, -0.2) is 0 Å². The van der Waals surface area contributed by atoms with Crippen molar-refractivity contribution in [3.8, 4) is 5.75 Å². The van der Waals surface area contributed by atoms with Crippen molar-refractivity contribution >= 4 is 17.7 Å². The molecule has 140 valence electrons. The van der Waals surface area contributed by atoms with Crippen molar-refractivity contribution in [2.24, 2.45) is 0 Å². The first-order valence-electron chi connectivity index (χ1n) is 9.09. The molecule has 0 spiro atoms. The highest BCUT2D eigenvalue weighted by Crippen LogP contribution is 2.27. The van der Waals surface area contributed by atoms with Crippen molar-refractivity contribution in [3.63, 3.8) is 0 Å². The van der Waals surface area contributed by atoms with Crippen LogP contribution in [-0.4, -0.2) is 24.8 Å². The molecule has 0 unspecified atom stereocenters. The van der Waals surface area contributed by atoms with E-state index in [2.05, 4.69) is 62.5 Å². The maximum absolute atomic E-state index is 12.0. The number of carbonyl (C=O) groups is 1. The van der Waals surface area contributed by atoms with Gasteiger partial charge in [-0.05, 0) is 48.1 Å². The lowest BCUT2D eigenvalue weighted by molar-refractivity contribution is -0.122. The summed E-state index contributed by atoms with van der Waals surface area (Å²) in [5, 5.41) is 2.93. The molecule has 0 saturated carbocycles. The van der Waals surface area contributed by atoms with Gasteiger partial charge in [-0.3, -0.25) is 4.79 Å². The molecule has 0 bridgehead atoms. The maximum Gasteiger partial charge on any atom is 0.257 e. The molecular weight excluding hydrogens is 342 g/mol. The standard InChI is InChI=1S/C22H29NO2S/c1-16(2)20-10-9-17(3)13-21(20)25-14-22(24)23-11-12-26-15-19-8-6-5-7-18(19)4/h5-10,13,16H,11-12,14-15H2,1-4H3,(H,23,24). The van der Waals surface area contributed by atoms with Gasteiger partial charge in [-0.15, -0.1) is 0 Å². The van der Waals surface area contributed by atoms with Crippen molar-refractivity contribution in [2.75, 3.05) is 18.9 Å². The second-order valence-electron chi connectivity index (χ2n) is 6.81. The van der Waals surface area contributed by atoms with Crippen LogP contribution in [0.3, 0.4) is 0 Å². The minimum Gasteiger partial charge on any atom is -0.483 e. The fourth-order valence-corrected chi connectivity index (χ4v) is 3.59. The second kappa shape index (κ2) is 10.3. The van der Waals surface area contributed by atoms with E-state index in [0.29, 0.717) is 12.5 Å². The number of hydrogen-bond donors (Lipinski definition) is 1. The van der Waals surface area contributed by atoms with Crippen LogP contribution in [-0.2, 0) is 10.5 Å². The third-order valence-electron chi connectivity index (χ3n) is 4.24. The first-order valence-corrected chi connectivity index (χ1v) is 10.2. The molecule has 0 aliphatic rings. The average Bonchev–Trinajstić information content (AvgIpc) is 2.61. The summed E-state index contributed by atoms with van der Waals surface area (Å²) in [6.07, 6.45) is 0. The molecule has 0 aliphatic carbocycles. The Hall–Kier alpha value is -1.94. The Morgan fingerprint density at radius 3 is 2.65 bits per heavy atom. The van der Waals surface area contributed by atoms with E-state index in [1.54, 1.807) is 0 Å². The number of rotatable bonds is 9. The van der Waals surface area contributed by atoms with Gasteiger partial charge in [0.25, 0.3) is 5.91 Å². The van der Waals surface area contributed by atoms with E-state index in [1.807, 2.05) is 24.8 Å². The van der Waals surface area contributed by atoms with Crippen LogP contribution in [0.5, 0.6) is 5.75 Å². The minimum atomic E-state index is -0.0716. The maximum atomic E-state index is 12.0. The SMILES string of the molecule is Cc1ccc(C(C)C)c(OCC(=O)NCCSCc2ccccc2C)c1. The summed E-state index contributed by atoms with van der Waals surface area (Å²) in [5.41, 5.74) is 4.94. The molecule has 0 aromatic heterocycles. The number of aryl methyl sites for hydroxylation is 2. The van der Waals surface area contributed by atoms with Crippen LogP contribution in [0.15, 0.2) is 42.5 Å². The van der Waals surface area contributed by atoms with Crippen molar-refractivity contribution in [3.05, 3.63) is 64.7 Å². The summed E-state index contributed by atoms with van der Waals surface area (Å²) in [4.78, 5) is 12.0. The molecule has 2 rings (SSSR count). The smallest absolute Gasteiger partial charge is 0.257 e. The monoisotopic (exact) mass is 371 g/mol. The normalized spacial score (nSPS) is 10.8. The lowest BCUT2D eigenvalue weighted by atomic mass is 10.0. The quantitative estimate of drug-likeness (QED) is 0.640. The molecule has 1 amide bonds. The van der Waals surface area contributed by atoms with Gasteiger partial charge in [-0.2, -0.15) is 11.8 Å². The van der Waals surface area contributed by atoms with Crippen LogP contribution in [0.1, 0.15) is 42.0 Å². The van der Waals surface area contributed by atoms with Crippen LogP contribution in [0, 0.1) is 13.8 Å². The predicted molar refractivity (Wildman–Crippen MR) is 111 cm³/mol. The third kappa shape index (κ3) is 6.41. The summed E-state index contributed by atoms with van der Waals surface area (Å²) in [6, 6.07) is 14.6. The Kier molecular flexibility index (Phi) is 8.05. The number of ether oxygens (including phenoxy) is 1. The summed E-state index contributed by atoms with van der Waals surface area (Å²) < 4.78 is 5.76. The van der Waals surface area contributed by atoms with Crippen LogP contribution >= 0.6 is 11.8 Å². The van der Waals surface area contributed by atoms with Gasteiger partial charge >= 0.3 is 0 Å². The van der Waals surface area contributed by atoms with Crippen LogP contribution < -0.4 is 10.1 Å². The molecule has 26 heavy (non-hydrogen) atoms. The molecule has 2 aromatic carbocycles. The molecule has 0 saturated heterocycles. The zero-order chi connectivity index (χ0) is 18.9. The summed E-state index contributed by atoms with van der Waals surface area (Å²) in [6.45, 7) is 9.14. The fourth-order valence-electron chi connectivity index (χ4n) is 2.65. The van der Waals surface area contributed by atoms with E-state index in [0.717, 1.165) is 28.4 Å². The van der Waals surface area contributed by atoms with E-state index in [9.17, 15) is 4.79 Å². The number of nitrogens with one attached hydrogen (secondary N) is 1. The van der Waals surface area contributed by atoms with Gasteiger partial charge in [-0.1, -0.05) is 50.2 Å². The van der Waals surface area contributed by atoms with Gasteiger partial charge in [0.05, 0.1) is 0 Å². The lowest BCUT2D eigenvalue weighted by Crippen LogP contribution is -2.30. The molecule has 0 radical (unpaired) electrons. The average molecular weight is 372 g/mol. The zero-order valence-corrected chi connectivity index (χ0v) is 17.0. The van der Waals surface area contributed by atoms with E-state index in [-0.39, 0.29) is 12.5 Å². The Morgan fingerprint density at radius 1 is 1.15 bits per heavy atom. The van der Waals surface area contributed by atoms with Gasteiger partial charge in [0.15, 0.2) is 6.61 Å². The highest BCUT2D eigenvalue weighted by atomic mass is 32.2. The van der Waals surface area contributed by atoms with Crippen molar-refractivity contribution in [1.29, 1.82) is 0 Å². The summed E-state index contributed by atoms with van der Waals surface area (Å²) in [5.74, 6) is 2.97. The highest BCUT2D eigenvalue weighted by Gasteiger charge is 2.10. The van der Waals surface area contributed by atoms with Crippen LogP contribution in [0.2, 0.25) is 0 Å². The first-order chi connectivity index (χ1) is 12.5. The molecule has 1 N–H and O–H groups in total. The molecule has 2 aromatic rings. The zero-order valence-electron chi connectivity index (χ0n) is 16.2. The van der Waals surface area contributed by atoms with Gasteiger partial charge in [0, 0.05) is 18.1 Å². The third-order valence-corrected chi connectivity index (χ3v) is 5.25. The second-order valence-corrected chi connectivity index (χ2v) is 7.92. The molecular formula is C22H29NO2S. The Balaban J connectivity index is 1.70. The number of thioether (sulfide) groups is 1. The Labute approximate surface area is 161 Å². The Bertz CT molecular complexity index is 728. The largest absolute Gasteiger partial charge is 0.483 e. The van der Waals surface area contributed by atoms with Crippen molar-refractivity contribution in [2.45, 2.75) is 39.4 Å². The number of hydrogen-bond acceptors (Lipinski definition) is 3. The van der Waals surface area contributed by atoms with Gasteiger partial charge in [0.1, 0.15) is 5.75 Å². The van der Waals surface area contributed by atoms with Crippen LogP contribution in [0.4, 0.5) is 0 Å². The lowest BCUT2D eigenvalue weighted by Gasteiger charge is -2.14. The van der Waals surface area contributed by atoms with E-state index in [4.69, 9.17) is 4.74 Å². The Morgan fingerprint density at radius 2 is 1.92 bits per heavy atom. The molecule has 0 heterocycles. The minimum absolute atomic E-state index is 0.0611. The fraction of sp³-hybridized carbons (Fsp3) is 0.409. The van der Waals surface area contributed by atoms with E-state index in [1.165, 1.54) is 11.1 Å². The molecule has 0 aliphatic heterocycles. The summed E-state index contributed by atoms with van der Waals surface area (Å²) >= 11 is 1.83. The number of benzene rings is 2. The van der Waals surface area contributed by atoms with Crippen molar-refractivity contribution in [1.82, 2.24) is 5.32 Å². The van der Waals surface area contributed by atoms with E-state index < -0.39 is 0 Å². The van der Waals surface area contributed by atoms with Crippen LogP contribution in [0.25, 0.3) is 0 Å². The van der Waals surface area contributed by atoms with Crippen molar-refractivity contribution < 1.29 is 9.53 Å². The molecule has 4 heteroatoms. The predicted octanol–water partition coefficient (Wildman–Crippen LogP) is 4.86. The first kappa shape index (κ1) is 20.4. The molecule has 3 nitrogen and oxygen atoms in total. The number of amides is 1. The molecule has 0 fully saturated rings. The topological polar surface area (TPSA) is 38.3 Å². The number of carbonyl (C=O) groups excluding carboxylic acids is 1. The summed E-state index contributed by atoms with van der Waals surface area (Å²) in [7, 11) is 0.